The van der Waals surface area contributed by atoms with E-state index in [1.807, 2.05) is 32.0 Å². The highest BCUT2D eigenvalue weighted by Crippen LogP contribution is 2.40. The molecule has 3 aliphatic heterocycles. The third kappa shape index (κ3) is 3.04. The smallest absolute Gasteiger partial charge is 0.247 e. The van der Waals surface area contributed by atoms with Crippen molar-refractivity contribution < 1.29 is 9.59 Å². The maximum absolute atomic E-state index is 12.3. The summed E-state index contributed by atoms with van der Waals surface area (Å²) in [7, 11) is 0. The Hall–Kier alpha value is -3.69. The van der Waals surface area contributed by atoms with Gasteiger partial charge in [0.05, 0.1) is 10.8 Å². The number of nitrogens with one attached hydrogen (secondary N) is 3. The second kappa shape index (κ2) is 6.90. The number of nitrogens with zero attached hydrogens (tertiary/aromatic N) is 5. The Morgan fingerprint density at radius 1 is 1.09 bits per heavy atom. The van der Waals surface area contributed by atoms with Crippen molar-refractivity contribution in [3.63, 3.8) is 0 Å². The average molecular weight is 447 g/mol. The van der Waals surface area contributed by atoms with Crippen LogP contribution in [-0.4, -0.2) is 51.0 Å². The summed E-state index contributed by atoms with van der Waals surface area (Å²) in [6.07, 6.45) is 6.05. The zero-order valence-corrected chi connectivity index (χ0v) is 18.7. The van der Waals surface area contributed by atoms with Crippen LogP contribution in [0.4, 0.5) is 23.1 Å². The van der Waals surface area contributed by atoms with Crippen LogP contribution in [0.2, 0.25) is 0 Å². The SMILES string of the molecule is CC1(C)C(=O)Nc2cc(Nc3nc4c(N5CCC6(CCNC6=O)CC5)nccn4n3)ccc21. The van der Waals surface area contributed by atoms with Gasteiger partial charge < -0.3 is 20.9 Å². The van der Waals surface area contributed by atoms with Gasteiger partial charge in [-0.15, -0.1) is 5.10 Å². The lowest BCUT2D eigenvalue weighted by Crippen LogP contribution is -2.44. The molecule has 3 N–H and O–H groups in total. The quantitative estimate of drug-likeness (QED) is 0.565. The van der Waals surface area contributed by atoms with E-state index in [-0.39, 0.29) is 17.2 Å². The van der Waals surface area contributed by atoms with Gasteiger partial charge in [-0.05, 0) is 50.8 Å². The summed E-state index contributed by atoms with van der Waals surface area (Å²) >= 11 is 0. The number of rotatable bonds is 3. The normalized spacial score (nSPS) is 20.7. The highest BCUT2D eigenvalue weighted by atomic mass is 16.2. The minimum Gasteiger partial charge on any atom is -0.356 e. The van der Waals surface area contributed by atoms with Crippen molar-refractivity contribution in [3.05, 3.63) is 36.2 Å². The van der Waals surface area contributed by atoms with E-state index in [1.54, 1.807) is 16.9 Å². The monoisotopic (exact) mass is 446 g/mol. The molecule has 33 heavy (non-hydrogen) atoms. The second-order valence-corrected chi connectivity index (χ2v) is 9.69. The summed E-state index contributed by atoms with van der Waals surface area (Å²) < 4.78 is 1.72. The van der Waals surface area contributed by atoms with Gasteiger partial charge in [0.2, 0.25) is 17.8 Å². The molecule has 2 fully saturated rings. The predicted octanol–water partition coefficient (Wildman–Crippen LogP) is 2.20. The van der Waals surface area contributed by atoms with Gasteiger partial charge in [0.15, 0.2) is 11.5 Å². The van der Waals surface area contributed by atoms with E-state index in [1.165, 1.54) is 0 Å². The second-order valence-electron chi connectivity index (χ2n) is 9.69. The van der Waals surface area contributed by atoms with Crippen molar-refractivity contribution in [1.29, 1.82) is 0 Å². The summed E-state index contributed by atoms with van der Waals surface area (Å²) in [6.45, 7) is 6.13. The van der Waals surface area contributed by atoms with Gasteiger partial charge in [0, 0.05) is 43.4 Å². The zero-order valence-electron chi connectivity index (χ0n) is 18.7. The Morgan fingerprint density at radius 2 is 1.91 bits per heavy atom. The van der Waals surface area contributed by atoms with Crippen LogP contribution in [0.1, 0.15) is 38.7 Å². The summed E-state index contributed by atoms with van der Waals surface area (Å²) in [5, 5.41) is 13.7. The molecule has 10 nitrogen and oxygen atoms in total. The van der Waals surface area contributed by atoms with Crippen LogP contribution < -0.4 is 20.9 Å². The molecule has 0 radical (unpaired) electrons. The number of benzene rings is 1. The molecule has 6 rings (SSSR count). The summed E-state index contributed by atoms with van der Waals surface area (Å²) in [4.78, 5) is 36.0. The lowest BCUT2D eigenvalue weighted by molar-refractivity contribution is -0.128. The molecule has 170 valence electrons. The van der Waals surface area contributed by atoms with E-state index in [9.17, 15) is 9.59 Å². The Kier molecular flexibility index (Phi) is 4.17. The Morgan fingerprint density at radius 3 is 2.67 bits per heavy atom. The molecule has 1 aromatic carbocycles. The van der Waals surface area contributed by atoms with E-state index >= 15 is 0 Å². The molecule has 2 saturated heterocycles. The Bertz CT molecular complexity index is 1290. The molecule has 0 saturated carbocycles. The Balaban J connectivity index is 1.24. The highest BCUT2D eigenvalue weighted by Gasteiger charge is 2.44. The molecule has 3 aromatic rings. The zero-order chi connectivity index (χ0) is 22.8. The van der Waals surface area contributed by atoms with E-state index in [2.05, 4.69) is 30.9 Å². The fourth-order valence-corrected chi connectivity index (χ4v) is 5.22. The largest absolute Gasteiger partial charge is 0.356 e. The molecule has 2 aromatic heterocycles. The van der Waals surface area contributed by atoms with Crippen molar-refractivity contribution in [3.8, 4) is 0 Å². The van der Waals surface area contributed by atoms with Crippen LogP contribution in [0, 0.1) is 5.41 Å². The number of hydrogen-bond donors (Lipinski definition) is 3. The summed E-state index contributed by atoms with van der Waals surface area (Å²) in [5.74, 6) is 1.41. The molecule has 10 heteroatoms. The van der Waals surface area contributed by atoms with Crippen LogP contribution in [0.5, 0.6) is 0 Å². The van der Waals surface area contributed by atoms with Crippen molar-refractivity contribution in [2.24, 2.45) is 5.41 Å². The average Bonchev–Trinajstić information content (AvgIpc) is 3.43. The maximum atomic E-state index is 12.3. The third-order valence-corrected chi connectivity index (χ3v) is 7.39. The number of carbonyl (C=O) groups is 2. The first-order valence-corrected chi connectivity index (χ1v) is 11.3. The fourth-order valence-electron chi connectivity index (χ4n) is 5.22. The van der Waals surface area contributed by atoms with Gasteiger partial charge >= 0.3 is 0 Å². The molecule has 0 aliphatic carbocycles. The van der Waals surface area contributed by atoms with Gasteiger partial charge in [0.1, 0.15) is 0 Å². The van der Waals surface area contributed by atoms with Crippen LogP contribution in [0.25, 0.3) is 5.65 Å². The molecule has 3 aliphatic rings. The van der Waals surface area contributed by atoms with Gasteiger partial charge in [-0.2, -0.15) is 4.98 Å². The lowest BCUT2D eigenvalue weighted by Gasteiger charge is -2.37. The van der Waals surface area contributed by atoms with Crippen LogP contribution >= 0.6 is 0 Å². The fraction of sp³-hybridized carbons (Fsp3) is 0.435. The van der Waals surface area contributed by atoms with Gasteiger partial charge in [-0.3, -0.25) is 9.59 Å². The lowest BCUT2D eigenvalue weighted by atomic mass is 9.77. The third-order valence-electron chi connectivity index (χ3n) is 7.39. The van der Waals surface area contributed by atoms with Crippen molar-refractivity contribution in [2.75, 3.05) is 35.2 Å². The first kappa shape index (κ1) is 20.0. The number of piperidine rings is 1. The minimum absolute atomic E-state index is 0.00498. The van der Waals surface area contributed by atoms with Crippen LogP contribution in [0.15, 0.2) is 30.6 Å². The van der Waals surface area contributed by atoms with E-state index in [0.717, 1.165) is 61.7 Å². The first-order valence-electron chi connectivity index (χ1n) is 11.3. The van der Waals surface area contributed by atoms with E-state index < -0.39 is 5.41 Å². The topological polar surface area (TPSA) is 117 Å². The molecule has 0 atom stereocenters. The molecular weight excluding hydrogens is 420 g/mol. The molecule has 0 bridgehead atoms. The van der Waals surface area contributed by atoms with Crippen molar-refractivity contribution in [2.45, 2.75) is 38.5 Å². The molecule has 0 unspecified atom stereocenters. The molecule has 5 heterocycles. The summed E-state index contributed by atoms with van der Waals surface area (Å²) in [6, 6.07) is 5.80. The van der Waals surface area contributed by atoms with E-state index in [0.29, 0.717) is 11.6 Å². The number of amides is 2. The number of anilines is 4. The van der Waals surface area contributed by atoms with Gasteiger partial charge in [-0.25, -0.2) is 9.50 Å². The molecular formula is C23H26N8O2. The first-order chi connectivity index (χ1) is 15.9. The molecule has 2 amide bonds. The standard InChI is InChI=1S/C23H26N8O2/c1-22(2)15-4-3-14(13-16(15)27-19(22)32)26-21-28-18-17(24-9-12-31(18)29-21)30-10-6-23(7-11-30)5-8-25-20(23)33/h3-4,9,12-13H,5-8,10-11H2,1-2H3,(H,25,33)(H,26,29)(H,27,32). The van der Waals surface area contributed by atoms with E-state index in [4.69, 9.17) is 4.98 Å². The molecule has 1 spiro atoms. The van der Waals surface area contributed by atoms with Crippen molar-refractivity contribution in [1.82, 2.24) is 24.9 Å². The Labute approximate surface area is 190 Å². The van der Waals surface area contributed by atoms with Gasteiger partial charge in [-0.1, -0.05) is 6.07 Å². The number of aromatic nitrogens is 4. The number of fused-ring (bicyclic) bond motifs is 2. The minimum atomic E-state index is -0.540. The van der Waals surface area contributed by atoms with Crippen LogP contribution in [0.3, 0.4) is 0 Å². The van der Waals surface area contributed by atoms with Gasteiger partial charge in [0.25, 0.3) is 0 Å². The van der Waals surface area contributed by atoms with Crippen LogP contribution in [-0.2, 0) is 15.0 Å². The summed E-state index contributed by atoms with van der Waals surface area (Å²) in [5.41, 5.74) is 2.49. The highest BCUT2D eigenvalue weighted by molar-refractivity contribution is 6.06. The number of carbonyl (C=O) groups excluding carboxylic acids is 2. The predicted molar refractivity (Wildman–Crippen MR) is 124 cm³/mol. The van der Waals surface area contributed by atoms with Crippen molar-refractivity contribution >= 4 is 40.6 Å². The maximum Gasteiger partial charge on any atom is 0.247 e. The number of hydrogen-bond acceptors (Lipinski definition) is 7.